The van der Waals surface area contributed by atoms with Gasteiger partial charge in [0, 0.05) is 0 Å². The van der Waals surface area contributed by atoms with Crippen LogP contribution in [0, 0.1) is 22.7 Å². The summed E-state index contributed by atoms with van der Waals surface area (Å²) in [5.74, 6) is 0.777. The lowest BCUT2D eigenvalue weighted by Crippen LogP contribution is -2.50. The van der Waals surface area contributed by atoms with E-state index in [2.05, 4.69) is 18.3 Å². The van der Waals surface area contributed by atoms with Crippen LogP contribution in [0.4, 0.5) is 0 Å². The summed E-state index contributed by atoms with van der Waals surface area (Å²) in [5.41, 5.74) is -1.24. The van der Waals surface area contributed by atoms with Crippen molar-refractivity contribution in [3.05, 3.63) is 0 Å². The zero-order valence-electron chi connectivity index (χ0n) is 12.2. The lowest BCUT2D eigenvalue weighted by molar-refractivity contribution is -0.0866. The van der Waals surface area contributed by atoms with Crippen molar-refractivity contribution in [2.45, 2.75) is 70.3 Å². The minimum atomic E-state index is -0.761. The number of nitriles is 1. The highest BCUT2D eigenvalue weighted by atomic mass is 16.3. The normalized spacial score (nSPS) is 40.4. The molecule has 2 fully saturated rings. The van der Waals surface area contributed by atoms with E-state index >= 15 is 0 Å². The first-order valence-corrected chi connectivity index (χ1v) is 8.00. The highest BCUT2D eigenvalue weighted by molar-refractivity contribution is 5.13. The number of hydrogen-bond donors (Lipinski definition) is 2. The highest BCUT2D eigenvalue weighted by Gasteiger charge is 2.51. The summed E-state index contributed by atoms with van der Waals surface area (Å²) < 4.78 is 0. The molecule has 1 atom stereocenters. The minimum Gasteiger partial charge on any atom is -0.388 e. The van der Waals surface area contributed by atoms with Gasteiger partial charge in [-0.15, -0.1) is 0 Å². The van der Waals surface area contributed by atoms with Crippen LogP contribution in [0.15, 0.2) is 0 Å². The SMILES string of the molecule is CCCC1CCC(C#N)(C2(O)CCCNCC2)CC1. The van der Waals surface area contributed by atoms with Crippen LogP contribution in [0.5, 0.6) is 0 Å². The maximum Gasteiger partial charge on any atom is 0.0861 e. The van der Waals surface area contributed by atoms with Gasteiger partial charge in [0.05, 0.1) is 17.1 Å². The summed E-state index contributed by atoms with van der Waals surface area (Å²) in [7, 11) is 0. The van der Waals surface area contributed by atoms with Crippen LogP contribution in [0.1, 0.15) is 64.7 Å². The number of rotatable bonds is 3. The second kappa shape index (κ2) is 6.24. The zero-order chi connectivity index (χ0) is 13.8. The Morgan fingerprint density at radius 3 is 2.58 bits per heavy atom. The third-order valence-electron chi connectivity index (χ3n) is 5.42. The molecule has 1 heterocycles. The Bertz CT molecular complexity index is 318. The molecular weight excluding hydrogens is 236 g/mol. The lowest BCUT2D eigenvalue weighted by Gasteiger charge is -2.46. The van der Waals surface area contributed by atoms with Crippen LogP contribution in [0.25, 0.3) is 0 Å². The van der Waals surface area contributed by atoms with Crippen molar-refractivity contribution < 1.29 is 5.11 Å². The molecule has 0 aromatic carbocycles. The second-order valence-corrected chi connectivity index (χ2v) is 6.56. The van der Waals surface area contributed by atoms with E-state index < -0.39 is 11.0 Å². The van der Waals surface area contributed by atoms with Gasteiger partial charge >= 0.3 is 0 Å². The van der Waals surface area contributed by atoms with Crippen LogP contribution in [0.3, 0.4) is 0 Å². The molecule has 1 aliphatic heterocycles. The average Bonchev–Trinajstić information content (AvgIpc) is 2.66. The molecule has 0 bridgehead atoms. The van der Waals surface area contributed by atoms with E-state index in [1.54, 1.807) is 0 Å². The number of nitrogens with zero attached hydrogens (tertiary/aromatic N) is 1. The highest BCUT2D eigenvalue weighted by Crippen LogP contribution is 2.50. The number of nitrogens with one attached hydrogen (secondary N) is 1. The smallest absolute Gasteiger partial charge is 0.0861 e. The molecule has 1 saturated heterocycles. The quantitative estimate of drug-likeness (QED) is 0.824. The summed E-state index contributed by atoms with van der Waals surface area (Å²) in [5, 5.41) is 24.2. The first-order chi connectivity index (χ1) is 9.16. The molecule has 0 radical (unpaired) electrons. The van der Waals surface area contributed by atoms with Crippen molar-refractivity contribution in [1.29, 1.82) is 5.26 Å². The summed E-state index contributed by atoms with van der Waals surface area (Å²) in [6.07, 6.45) is 9.05. The van der Waals surface area contributed by atoms with Gasteiger partial charge in [0.25, 0.3) is 0 Å². The molecule has 19 heavy (non-hydrogen) atoms. The van der Waals surface area contributed by atoms with Crippen molar-refractivity contribution >= 4 is 0 Å². The average molecular weight is 264 g/mol. The predicted octanol–water partition coefficient (Wildman–Crippen LogP) is 2.99. The molecule has 1 aliphatic carbocycles. The fourth-order valence-electron chi connectivity index (χ4n) is 4.08. The molecule has 3 heteroatoms. The number of aliphatic hydroxyl groups is 1. The first-order valence-electron chi connectivity index (χ1n) is 8.00. The van der Waals surface area contributed by atoms with Gasteiger partial charge in [-0.1, -0.05) is 19.8 Å². The van der Waals surface area contributed by atoms with Gasteiger partial charge in [-0.25, -0.2) is 0 Å². The zero-order valence-corrected chi connectivity index (χ0v) is 12.2. The standard InChI is InChI=1S/C16H28N2O/c1-2-4-14-5-8-15(13-17,9-6-14)16(19)7-3-11-18-12-10-16/h14,18-19H,2-12H2,1H3. The topological polar surface area (TPSA) is 56.0 Å². The summed E-state index contributed by atoms with van der Waals surface area (Å²) in [4.78, 5) is 0. The Balaban J connectivity index is 2.08. The van der Waals surface area contributed by atoms with E-state index in [1.165, 1.54) is 12.8 Å². The molecule has 0 amide bonds. The Morgan fingerprint density at radius 1 is 1.21 bits per heavy atom. The molecule has 1 unspecified atom stereocenters. The van der Waals surface area contributed by atoms with Crippen LogP contribution < -0.4 is 5.32 Å². The fraction of sp³-hybridized carbons (Fsp3) is 0.938. The summed E-state index contributed by atoms with van der Waals surface area (Å²) >= 11 is 0. The van der Waals surface area contributed by atoms with Crippen molar-refractivity contribution in [1.82, 2.24) is 5.32 Å². The molecule has 0 aromatic rings. The third-order valence-corrected chi connectivity index (χ3v) is 5.42. The second-order valence-electron chi connectivity index (χ2n) is 6.56. The van der Waals surface area contributed by atoms with Crippen molar-refractivity contribution in [2.75, 3.05) is 13.1 Å². The van der Waals surface area contributed by atoms with E-state index in [9.17, 15) is 10.4 Å². The Hall–Kier alpha value is -0.590. The van der Waals surface area contributed by atoms with Crippen LogP contribution in [-0.2, 0) is 0 Å². The molecular formula is C16H28N2O. The van der Waals surface area contributed by atoms with Gasteiger partial charge in [-0.3, -0.25) is 0 Å². The van der Waals surface area contributed by atoms with Crippen LogP contribution in [-0.4, -0.2) is 23.8 Å². The molecule has 2 rings (SSSR count). The summed E-state index contributed by atoms with van der Waals surface area (Å²) in [6, 6.07) is 2.54. The molecule has 1 saturated carbocycles. The van der Waals surface area contributed by atoms with Crippen molar-refractivity contribution in [3.8, 4) is 6.07 Å². The Labute approximate surface area is 117 Å². The van der Waals surface area contributed by atoms with Crippen LogP contribution in [0.2, 0.25) is 0 Å². The van der Waals surface area contributed by atoms with Crippen molar-refractivity contribution in [2.24, 2.45) is 11.3 Å². The molecule has 2 N–H and O–H groups in total. The lowest BCUT2D eigenvalue weighted by atomic mass is 9.59. The molecule has 0 spiro atoms. The Morgan fingerprint density at radius 2 is 1.95 bits per heavy atom. The number of hydrogen-bond acceptors (Lipinski definition) is 3. The van der Waals surface area contributed by atoms with E-state index in [0.29, 0.717) is 0 Å². The van der Waals surface area contributed by atoms with Gasteiger partial charge in [0.2, 0.25) is 0 Å². The molecule has 3 nitrogen and oxygen atoms in total. The van der Waals surface area contributed by atoms with Gasteiger partial charge in [0.15, 0.2) is 0 Å². The van der Waals surface area contributed by atoms with E-state index in [4.69, 9.17) is 0 Å². The fourth-order valence-corrected chi connectivity index (χ4v) is 4.08. The van der Waals surface area contributed by atoms with Crippen molar-refractivity contribution in [3.63, 3.8) is 0 Å². The Kier molecular flexibility index (Phi) is 4.86. The largest absolute Gasteiger partial charge is 0.388 e. The van der Waals surface area contributed by atoms with E-state index in [0.717, 1.165) is 64.0 Å². The molecule has 0 aromatic heterocycles. The van der Waals surface area contributed by atoms with Crippen LogP contribution >= 0.6 is 0 Å². The maximum atomic E-state index is 11.1. The molecule has 2 aliphatic rings. The predicted molar refractivity (Wildman–Crippen MR) is 76.6 cm³/mol. The minimum absolute atomic E-state index is 0.483. The van der Waals surface area contributed by atoms with E-state index in [-0.39, 0.29) is 0 Å². The van der Waals surface area contributed by atoms with Gasteiger partial charge < -0.3 is 10.4 Å². The maximum absolute atomic E-state index is 11.1. The summed E-state index contributed by atoms with van der Waals surface area (Å²) in [6.45, 7) is 4.05. The van der Waals surface area contributed by atoms with Gasteiger partial charge in [-0.2, -0.15) is 5.26 Å². The first kappa shape index (κ1) is 14.8. The third kappa shape index (κ3) is 2.95. The molecule has 108 valence electrons. The van der Waals surface area contributed by atoms with Gasteiger partial charge in [0.1, 0.15) is 0 Å². The van der Waals surface area contributed by atoms with Gasteiger partial charge in [-0.05, 0) is 64.0 Å². The van der Waals surface area contributed by atoms with E-state index in [1.807, 2.05) is 0 Å². The monoisotopic (exact) mass is 264 g/mol.